The van der Waals surface area contributed by atoms with Gasteiger partial charge in [0.25, 0.3) is 0 Å². The average Bonchev–Trinajstić information content (AvgIpc) is 2.48. The van der Waals surface area contributed by atoms with Crippen LogP contribution in [-0.4, -0.2) is 37.6 Å². The monoisotopic (exact) mass is 260 g/mol. The van der Waals surface area contributed by atoms with E-state index in [1.54, 1.807) is 12.0 Å². The number of amides is 1. The molecule has 2 rings (SSSR count). The van der Waals surface area contributed by atoms with Crippen molar-refractivity contribution in [1.29, 1.82) is 0 Å². The number of nitrogens with two attached hydrogens (primary N) is 1. The molecule has 1 heterocycles. The molecule has 0 aliphatic carbocycles. The number of ether oxygens (including phenoxy) is 1. The predicted molar refractivity (Wildman–Crippen MR) is 74.5 cm³/mol. The van der Waals surface area contributed by atoms with Crippen LogP contribution in [0.1, 0.15) is 18.0 Å². The van der Waals surface area contributed by atoms with Crippen molar-refractivity contribution in [3.05, 3.63) is 47.5 Å². The highest BCUT2D eigenvalue weighted by atomic mass is 16.5. The second kappa shape index (κ2) is 6.50. The number of nitrogens with zero attached hydrogens (tertiary/aromatic N) is 1. The molecule has 1 aromatic rings. The van der Waals surface area contributed by atoms with E-state index in [4.69, 9.17) is 10.5 Å². The lowest BCUT2D eigenvalue weighted by Crippen LogP contribution is -2.41. The second-order valence-electron chi connectivity index (χ2n) is 4.72. The first-order chi connectivity index (χ1) is 9.22. The summed E-state index contributed by atoms with van der Waals surface area (Å²) in [5.41, 5.74) is 8.14. The van der Waals surface area contributed by atoms with Gasteiger partial charge in [0.15, 0.2) is 0 Å². The van der Waals surface area contributed by atoms with Crippen LogP contribution in [0.4, 0.5) is 0 Å². The molecule has 0 saturated carbocycles. The molecule has 1 aromatic carbocycles. The first kappa shape index (κ1) is 13.8. The summed E-state index contributed by atoms with van der Waals surface area (Å²) >= 11 is 0. The summed E-state index contributed by atoms with van der Waals surface area (Å²) < 4.78 is 5.10. The molecule has 1 amide bonds. The molecule has 4 nitrogen and oxygen atoms in total. The summed E-state index contributed by atoms with van der Waals surface area (Å²) in [6.07, 6.45) is 2.92. The molecule has 102 valence electrons. The van der Waals surface area contributed by atoms with E-state index in [1.165, 1.54) is 5.57 Å². The molecule has 0 radical (unpaired) electrons. The Hall–Kier alpha value is -1.65. The van der Waals surface area contributed by atoms with Crippen molar-refractivity contribution in [1.82, 2.24) is 4.90 Å². The molecule has 0 spiro atoms. The first-order valence-electron chi connectivity index (χ1n) is 6.48. The van der Waals surface area contributed by atoms with Gasteiger partial charge < -0.3 is 15.4 Å². The molecule has 1 aliphatic heterocycles. The van der Waals surface area contributed by atoms with Gasteiger partial charge in [-0.1, -0.05) is 36.4 Å². The molecule has 19 heavy (non-hydrogen) atoms. The summed E-state index contributed by atoms with van der Waals surface area (Å²) in [6.45, 7) is 1.99. The maximum Gasteiger partial charge on any atom is 0.244 e. The fraction of sp³-hybridized carbons (Fsp3) is 0.400. The molecule has 1 atom stereocenters. The lowest BCUT2D eigenvalue weighted by molar-refractivity contribution is -0.132. The maximum absolute atomic E-state index is 12.3. The van der Waals surface area contributed by atoms with E-state index in [2.05, 4.69) is 6.08 Å². The minimum absolute atomic E-state index is 0.0149. The molecule has 1 aliphatic rings. The number of carbonyl (C=O) groups is 1. The van der Waals surface area contributed by atoms with Gasteiger partial charge in [0.05, 0.1) is 6.61 Å². The molecule has 0 fully saturated rings. The maximum atomic E-state index is 12.3. The SMILES string of the molecule is COCC1=CCN(C(=O)[C@H](N)c2ccccc2)CC1. The van der Waals surface area contributed by atoms with E-state index in [0.717, 1.165) is 12.0 Å². The van der Waals surface area contributed by atoms with E-state index in [9.17, 15) is 4.79 Å². The number of rotatable bonds is 4. The average molecular weight is 260 g/mol. The van der Waals surface area contributed by atoms with E-state index in [-0.39, 0.29) is 5.91 Å². The molecule has 0 saturated heterocycles. The fourth-order valence-electron chi connectivity index (χ4n) is 2.23. The zero-order valence-electron chi connectivity index (χ0n) is 11.2. The van der Waals surface area contributed by atoms with E-state index < -0.39 is 6.04 Å². The van der Waals surface area contributed by atoms with Crippen LogP contribution in [0.25, 0.3) is 0 Å². The topological polar surface area (TPSA) is 55.6 Å². The van der Waals surface area contributed by atoms with E-state index in [0.29, 0.717) is 19.7 Å². The Morgan fingerprint density at radius 2 is 2.16 bits per heavy atom. The number of hydrogen-bond acceptors (Lipinski definition) is 3. The van der Waals surface area contributed by atoms with Crippen molar-refractivity contribution in [3.8, 4) is 0 Å². The third-order valence-electron chi connectivity index (χ3n) is 3.37. The minimum Gasteiger partial charge on any atom is -0.380 e. The highest BCUT2D eigenvalue weighted by Gasteiger charge is 2.23. The van der Waals surface area contributed by atoms with Gasteiger partial charge in [-0.05, 0) is 17.6 Å². The Bertz CT molecular complexity index is 456. The largest absolute Gasteiger partial charge is 0.380 e. The smallest absolute Gasteiger partial charge is 0.244 e. The van der Waals surface area contributed by atoms with Crippen molar-refractivity contribution in [2.24, 2.45) is 5.73 Å². The van der Waals surface area contributed by atoms with Gasteiger partial charge in [0, 0.05) is 20.2 Å². The van der Waals surface area contributed by atoms with Crippen LogP contribution in [0, 0.1) is 0 Å². The molecule has 0 bridgehead atoms. The standard InChI is InChI=1S/C15H20N2O2/c1-19-11-12-7-9-17(10-8-12)15(18)14(16)13-5-3-2-4-6-13/h2-7,14H,8-11,16H2,1H3/t14-/m1/s1. The molecule has 0 unspecified atom stereocenters. The highest BCUT2D eigenvalue weighted by molar-refractivity contribution is 5.83. The highest BCUT2D eigenvalue weighted by Crippen LogP contribution is 2.17. The Balaban J connectivity index is 1.98. The first-order valence-corrected chi connectivity index (χ1v) is 6.48. The Morgan fingerprint density at radius 1 is 1.42 bits per heavy atom. The Kier molecular flexibility index (Phi) is 4.71. The fourth-order valence-corrected chi connectivity index (χ4v) is 2.23. The Morgan fingerprint density at radius 3 is 2.74 bits per heavy atom. The van der Waals surface area contributed by atoms with Crippen molar-refractivity contribution >= 4 is 5.91 Å². The van der Waals surface area contributed by atoms with Gasteiger partial charge in [-0.2, -0.15) is 0 Å². The zero-order valence-corrected chi connectivity index (χ0v) is 11.2. The minimum atomic E-state index is -0.571. The van der Waals surface area contributed by atoms with Gasteiger partial charge >= 0.3 is 0 Å². The number of carbonyl (C=O) groups excluding carboxylic acids is 1. The number of benzene rings is 1. The van der Waals surface area contributed by atoms with Gasteiger partial charge in [-0.15, -0.1) is 0 Å². The van der Waals surface area contributed by atoms with Crippen LogP contribution in [0.5, 0.6) is 0 Å². The van der Waals surface area contributed by atoms with Gasteiger partial charge in [0.2, 0.25) is 5.91 Å². The summed E-state index contributed by atoms with van der Waals surface area (Å²) in [4.78, 5) is 14.1. The van der Waals surface area contributed by atoms with Gasteiger partial charge in [-0.25, -0.2) is 0 Å². The molecular weight excluding hydrogens is 240 g/mol. The van der Waals surface area contributed by atoms with Crippen LogP contribution < -0.4 is 5.73 Å². The predicted octanol–water partition coefficient (Wildman–Crippen LogP) is 1.49. The third-order valence-corrected chi connectivity index (χ3v) is 3.37. The quantitative estimate of drug-likeness (QED) is 0.835. The van der Waals surface area contributed by atoms with Gasteiger partial charge in [0.1, 0.15) is 6.04 Å². The summed E-state index contributed by atoms with van der Waals surface area (Å²) in [6, 6.07) is 8.92. The Labute approximate surface area is 113 Å². The van der Waals surface area contributed by atoms with Crippen LogP contribution in [-0.2, 0) is 9.53 Å². The van der Waals surface area contributed by atoms with Crippen LogP contribution in [0.15, 0.2) is 42.0 Å². The summed E-state index contributed by atoms with van der Waals surface area (Å²) in [5, 5.41) is 0. The number of methoxy groups -OCH3 is 1. The summed E-state index contributed by atoms with van der Waals surface area (Å²) in [7, 11) is 1.68. The van der Waals surface area contributed by atoms with Crippen LogP contribution in [0.3, 0.4) is 0 Å². The third kappa shape index (κ3) is 3.43. The lowest BCUT2D eigenvalue weighted by atomic mass is 10.0. The molecular formula is C15H20N2O2. The number of hydrogen-bond donors (Lipinski definition) is 1. The van der Waals surface area contributed by atoms with Crippen LogP contribution in [0.2, 0.25) is 0 Å². The normalized spacial score (nSPS) is 16.9. The van der Waals surface area contributed by atoms with E-state index >= 15 is 0 Å². The lowest BCUT2D eigenvalue weighted by Gasteiger charge is -2.28. The molecule has 0 aromatic heterocycles. The van der Waals surface area contributed by atoms with Crippen molar-refractivity contribution in [2.45, 2.75) is 12.5 Å². The van der Waals surface area contributed by atoms with Crippen molar-refractivity contribution in [2.75, 3.05) is 26.8 Å². The van der Waals surface area contributed by atoms with Crippen LogP contribution >= 0.6 is 0 Å². The van der Waals surface area contributed by atoms with Gasteiger partial charge in [-0.3, -0.25) is 4.79 Å². The summed E-state index contributed by atoms with van der Waals surface area (Å²) in [5.74, 6) is -0.0149. The zero-order chi connectivity index (χ0) is 13.7. The van der Waals surface area contributed by atoms with E-state index in [1.807, 2.05) is 30.3 Å². The van der Waals surface area contributed by atoms with Crippen molar-refractivity contribution < 1.29 is 9.53 Å². The van der Waals surface area contributed by atoms with Crippen molar-refractivity contribution in [3.63, 3.8) is 0 Å². The second-order valence-corrected chi connectivity index (χ2v) is 4.72. The molecule has 2 N–H and O–H groups in total. The molecule has 4 heteroatoms.